The number of hydrogen-bond donors (Lipinski definition) is 0. The molecule has 4 rings (SSSR count). The van der Waals surface area contributed by atoms with Gasteiger partial charge in [0.1, 0.15) is 0 Å². The number of aromatic nitrogens is 4. The first kappa shape index (κ1) is 18.4. The smallest absolute Gasteiger partial charge is 0.257 e. The van der Waals surface area contributed by atoms with Crippen molar-refractivity contribution in [2.75, 3.05) is 13.1 Å². The summed E-state index contributed by atoms with van der Waals surface area (Å²) in [6.45, 7) is 6.17. The molecule has 28 heavy (non-hydrogen) atoms. The third-order valence-electron chi connectivity index (χ3n) is 5.24. The fourth-order valence-corrected chi connectivity index (χ4v) is 3.78. The molecule has 0 radical (unpaired) electrons. The van der Waals surface area contributed by atoms with E-state index in [9.17, 15) is 4.79 Å². The van der Waals surface area contributed by atoms with Gasteiger partial charge in [-0.3, -0.25) is 9.48 Å². The molecule has 0 spiro atoms. The van der Waals surface area contributed by atoms with Gasteiger partial charge in [0.25, 0.3) is 5.89 Å². The van der Waals surface area contributed by atoms with Crippen molar-refractivity contribution < 1.29 is 9.32 Å². The number of nitrogens with zero attached hydrogens (tertiary/aromatic N) is 5. The van der Waals surface area contributed by atoms with Gasteiger partial charge in [0.2, 0.25) is 5.91 Å². The maximum atomic E-state index is 12.6. The standard InChI is InChI=1S/C21H25N5O2/c1-15-12-16(2)26(23-15)11-9-20(27)25-10-8-17(14-25)13-19-22-21(28-24-19)18-6-4-3-5-7-18/h3-7,12,17H,8-11,13-14H2,1-2H3. The minimum atomic E-state index is 0.188. The first-order chi connectivity index (χ1) is 13.6. The molecule has 1 saturated heterocycles. The number of carbonyl (C=O) groups is 1. The quantitative estimate of drug-likeness (QED) is 0.658. The van der Waals surface area contributed by atoms with Crippen LogP contribution in [-0.2, 0) is 17.8 Å². The number of aryl methyl sites for hydroxylation is 3. The van der Waals surface area contributed by atoms with Crippen LogP contribution < -0.4 is 0 Å². The van der Waals surface area contributed by atoms with Gasteiger partial charge in [-0.25, -0.2) is 0 Å². The van der Waals surface area contributed by atoms with Crippen molar-refractivity contribution >= 4 is 5.91 Å². The van der Waals surface area contributed by atoms with Crippen LogP contribution in [0.25, 0.3) is 11.5 Å². The van der Waals surface area contributed by atoms with Crippen molar-refractivity contribution in [1.29, 1.82) is 0 Å². The van der Waals surface area contributed by atoms with Crippen LogP contribution in [0.1, 0.15) is 30.1 Å². The molecule has 1 unspecified atom stereocenters. The van der Waals surface area contributed by atoms with Crippen molar-refractivity contribution in [1.82, 2.24) is 24.8 Å². The summed E-state index contributed by atoms with van der Waals surface area (Å²) in [7, 11) is 0. The van der Waals surface area contributed by atoms with Gasteiger partial charge in [-0.15, -0.1) is 0 Å². The molecule has 1 aromatic carbocycles. The lowest BCUT2D eigenvalue weighted by molar-refractivity contribution is -0.130. The van der Waals surface area contributed by atoms with Gasteiger partial charge in [0.15, 0.2) is 5.82 Å². The fourth-order valence-electron chi connectivity index (χ4n) is 3.78. The van der Waals surface area contributed by atoms with E-state index in [0.717, 1.165) is 42.9 Å². The molecule has 0 aliphatic carbocycles. The maximum absolute atomic E-state index is 12.6. The molecular weight excluding hydrogens is 354 g/mol. The zero-order chi connectivity index (χ0) is 19.5. The molecule has 1 aliphatic heterocycles. The highest BCUT2D eigenvalue weighted by atomic mass is 16.5. The Balaban J connectivity index is 1.29. The van der Waals surface area contributed by atoms with Crippen molar-refractivity contribution in [3.05, 3.63) is 53.6 Å². The molecule has 7 nitrogen and oxygen atoms in total. The van der Waals surface area contributed by atoms with E-state index < -0.39 is 0 Å². The fraction of sp³-hybridized carbons (Fsp3) is 0.429. The first-order valence-electron chi connectivity index (χ1n) is 9.75. The second-order valence-corrected chi connectivity index (χ2v) is 7.48. The average molecular weight is 379 g/mol. The minimum Gasteiger partial charge on any atom is -0.342 e. The summed E-state index contributed by atoms with van der Waals surface area (Å²) in [4.78, 5) is 19.0. The Hall–Kier alpha value is -2.96. The van der Waals surface area contributed by atoms with Gasteiger partial charge in [-0.2, -0.15) is 10.1 Å². The van der Waals surface area contributed by atoms with Crippen molar-refractivity contribution in [3.8, 4) is 11.5 Å². The Morgan fingerprint density at radius 1 is 1.25 bits per heavy atom. The number of rotatable bonds is 6. The lowest BCUT2D eigenvalue weighted by Gasteiger charge is -2.16. The molecule has 3 aromatic rings. The largest absolute Gasteiger partial charge is 0.342 e. The highest BCUT2D eigenvalue weighted by Gasteiger charge is 2.27. The third-order valence-corrected chi connectivity index (χ3v) is 5.24. The van der Waals surface area contributed by atoms with Crippen molar-refractivity contribution in [2.24, 2.45) is 5.92 Å². The van der Waals surface area contributed by atoms with Gasteiger partial charge in [-0.05, 0) is 44.4 Å². The molecule has 0 bridgehead atoms. The predicted octanol–water partition coefficient (Wildman–Crippen LogP) is 3.03. The Morgan fingerprint density at radius 2 is 2.07 bits per heavy atom. The highest BCUT2D eigenvalue weighted by Crippen LogP contribution is 2.22. The van der Waals surface area contributed by atoms with E-state index >= 15 is 0 Å². The van der Waals surface area contributed by atoms with E-state index in [0.29, 0.717) is 30.6 Å². The molecule has 1 amide bonds. The summed E-state index contributed by atoms with van der Waals surface area (Å²) < 4.78 is 7.29. The van der Waals surface area contributed by atoms with Crippen LogP contribution in [0.2, 0.25) is 0 Å². The van der Waals surface area contributed by atoms with Crippen molar-refractivity contribution in [3.63, 3.8) is 0 Å². The number of benzene rings is 1. The van der Waals surface area contributed by atoms with Crippen LogP contribution in [0.15, 0.2) is 40.9 Å². The lowest BCUT2D eigenvalue weighted by Crippen LogP contribution is -2.29. The highest BCUT2D eigenvalue weighted by molar-refractivity contribution is 5.76. The monoisotopic (exact) mass is 379 g/mol. The zero-order valence-electron chi connectivity index (χ0n) is 16.3. The molecule has 1 aliphatic rings. The van der Waals surface area contributed by atoms with Gasteiger partial charge in [0.05, 0.1) is 5.69 Å². The van der Waals surface area contributed by atoms with Gasteiger partial charge < -0.3 is 9.42 Å². The summed E-state index contributed by atoms with van der Waals surface area (Å²) in [5.74, 6) is 1.82. The number of likely N-dealkylation sites (tertiary alicyclic amines) is 1. The van der Waals surface area contributed by atoms with Crippen LogP contribution >= 0.6 is 0 Å². The second-order valence-electron chi connectivity index (χ2n) is 7.48. The van der Waals surface area contributed by atoms with Crippen LogP contribution in [0.4, 0.5) is 0 Å². The Morgan fingerprint density at radius 3 is 2.82 bits per heavy atom. The topological polar surface area (TPSA) is 77.0 Å². The SMILES string of the molecule is Cc1cc(C)n(CCC(=O)N2CCC(Cc3noc(-c4ccccc4)n3)C2)n1. The summed E-state index contributed by atoms with van der Waals surface area (Å²) in [6, 6.07) is 11.8. The predicted molar refractivity (Wildman–Crippen MR) is 104 cm³/mol. The molecule has 7 heteroatoms. The molecule has 1 fully saturated rings. The molecule has 3 heterocycles. The van der Waals surface area contributed by atoms with Crippen LogP contribution in [0.3, 0.4) is 0 Å². The Labute approximate surface area is 164 Å². The van der Waals surface area contributed by atoms with Gasteiger partial charge in [-0.1, -0.05) is 23.4 Å². The minimum absolute atomic E-state index is 0.188. The van der Waals surface area contributed by atoms with Gasteiger partial charge in [0, 0.05) is 43.7 Å². The summed E-state index contributed by atoms with van der Waals surface area (Å²) >= 11 is 0. The second kappa shape index (κ2) is 7.96. The van der Waals surface area contributed by atoms with E-state index in [1.807, 2.05) is 59.8 Å². The van der Waals surface area contributed by atoms with E-state index in [1.54, 1.807) is 0 Å². The van der Waals surface area contributed by atoms with Crippen LogP contribution in [0, 0.1) is 19.8 Å². The number of carbonyl (C=O) groups excluding carboxylic acids is 1. The lowest BCUT2D eigenvalue weighted by atomic mass is 10.1. The Kier molecular flexibility index (Phi) is 5.23. The third kappa shape index (κ3) is 4.13. The molecule has 1 atom stereocenters. The normalized spacial score (nSPS) is 16.6. The van der Waals surface area contributed by atoms with E-state index in [1.165, 1.54) is 0 Å². The zero-order valence-corrected chi connectivity index (χ0v) is 16.3. The van der Waals surface area contributed by atoms with Crippen molar-refractivity contribution in [2.45, 2.75) is 39.7 Å². The molecule has 0 saturated carbocycles. The van der Waals surface area contributed by atoms with Gasteiger partial charge >= 0.3 is 0 Å². The first-order valence-corrected chi connectivity index (χ1v) is 9.75. The molecular formula is C21H25N5O2. The maximum Gasteiger partial charge on any atom is 0.257 e. The number of hydrogen-bond acceptors (Lipinski definition) is 5. The number of amides is 1. The van der Waals surface area contributed by atoms with Crippen LogP contribution in [-0.4, -0.2) is 43.8 Å². The summed E-state index contributed by atoms with van der Waals surface area (Å²) in [5.41, 5.74) is 3.01. The summed E-state index contributed by atoms with van der Waals surface area (Å²) in [6.07, 6.45) is 2.19. The van der Waals surface area contributed by atoms with E-state index in [-0.39, 0.29) is 5.91 Å². The molecule has 2 aromatic heterocycles. The van der Waals surface area contributed by atoms with Crippen LogP contribution in [0.5, 0.6) is 0 Å². The average Bonchev–Trinajstić information content (AvgIpc) is 3.42. The van der Waals surface area contributed by atoms with E-state index in [2.05, 4.69) is 15.2 Å². The molecule has 146 valence electrons. The molecule has 0 N–H and O–H groups in total. The Bertz CT molecular complexity index is 947. The van der Waals surface area contributed by atoms with E-state index in [4.69, 9.17) is 4.52 Å². The summed E-state index contributed by atoms with van der Waals surface area (Å²) in [5, 5.41) is 8.54.